The minimum Gasteiger partial charge on any atom is -0.383 e. The molecule has 1 aromatic heterocycles. The van der Waals surface area contributed by atoms with E-state index in [0.29, 0.717) is 0 Å². The SMILES string of the molecule is Cc1cnc(N)c(CC2C3CC4CC(C3)CC2C4)c1. The predicted molar refractivity (Wildman–Crippen MR) is 77.6 cm³/mol. The molecular formula is C17H24N2. The first-order chi connectivity index (χ1) is 9.19. The molecule has 0 unspecified atom stereocenters. The second-order valence-electron chi connectivity index (χ2n) is 7.36. The maximum Gasteiger partial charge on any atom is 0.126 e. The Bertz CT molecular complexity index is 466. The molecule has 0 saturated heterocycles. The molecule has 2 heteroatoms. The van der Waals surface area contributed by atoms with Crippen LogP contribution in [0.4, 0.5) is 5.82 Å². The molecule has 0 aliphatic heterocycles. The number of pyridine rings is 1. The monoisotopic (exact) mass is 256 g/mol. The fraction of sp³-hybridized carbons (Fsp3) is 0.706. The van der Waals surface area contributed by atoms with Gasteiger partial charge < -0.3 is 5.73 Å². The number of nitrogens with zero attached hydrogens (tertiary/aromatic N) is 1. The van der Waals surface area contributed by atoms with E-state index in [1.807, 2.05) is 6.20 Å². The lowest BCUT2D eigenvalue weighted by Crippen LogP contribution is -2.45. The van der Waals surface area contributed by atoms with Crippen LogP contribution < -0.4 is 5.73 Å². The van der Waals surface area contributed by atoms with Gasteiger partial charge in [-0.25, -0.2) is 4.98 Å². The summed E-state index contributed by atoms with van der Waals surface area (Å²) in [5, 5.41) is 0. The highest BCUT2D eigenvalue weighted by atomic mass is 14.8. The standard InChI is InChI=1S/C17H24N2/c1-10-2-15(17(18)19-9-10)8-16-13-4-11-3-12(6-13)7-14(16)5-11/h2,9,11-14,16H,3-8H2,1H3,(H2,18,19). The minimum atomic E-state index is 0.763. The van der Waals surface area contributed by atoms with Crippen molar-refractivity contribution in [1.82, 2.24) is 4.98 Å². The molecule has 0 spiro atoms. The summed E-state index contributed by atoms with van der Waals surface area (Å²) in [4.78, 5) is 4.34. The van der Waals surface area contributed by atoms with Crippen LogP contribution in [-0.4, -0.2) is 4.98 Å². The van der Waals surface area contributed by atoms with Crippen LogP contribution in [0.5, 0.6) is 0 Å². The number of hydrogen-bond acceptors (Lipinski definition) is 2. The van der Waals surface area contributed by atoms with Crippen LogP contribution in [0.3, 0.4) is 0 Å². The molecule has 102 valence electrons. The van der Waals surface area contributed by atoms with E-state index < -0.39 is 0 Å². The molecule has 0 radical (unpaired) electrons. The Balaban J connectivity index is 1.58. The van der Waals surface area contributed by atoms with Gasteiger partial charge in [0.25, 0.3) is 0 Å². The molecule has 2 N–H and O–H groups in total. The van der Waals surface area contributed by atoms with Crippen molar-refractivity contribution < 1.29 is 0 Å². The summed E-state index contributed by atoms with van der Waals surface area (Å²) >= 11 is 0. The Morgan fingerprint density at radius 3 is 2.37 bits per heavy atom. The third-order valence-electron chi connectivity index (χ3n) is 6.02. The van der Waals surface area contributed by atoms with Gasteiger partial charge in [0.2, 0.25) is 0 Å². The van der Waals surface area contributed by atoms with Gasteiger partial charge in [0.05, 0.1) is 0 Å². The van der Waals surface area contributed by atoms with E-state index in [1.165, 1.54) is 49.7 Å². The molecule has 19 heavy (non-hydrogen) atoms. The van der Waals surface area contributed by atoms with Crippen molar-refractivity contribution in [2.24, 2.45) is 29.6 Å². The summed E-state index contributed by atoms with van der Waals surface area (Å²) in [7, 11) is 0. The summed E-state index contributed by atoms with van der Waals surface area (Å²) in [5.74, 6) is 5.74. The fourth-order valence-corrected chi connectivity index (χ4v) is 5.43. The van der Waals surface area contributed by atoms with Gasteiger partial charge in [0.15, 0.2) is 0 Å². The molecule has 0 atom stereocenters. The maximum atomic E-state index is 6.08. The van der Waals surface area contributed by atoms with Gasteiger partial charge in [-0.15, -0.1) is 0 Å². The van der Waals surface area contributed by atoms with Gasteiger partial charge in [-0.05, 0) is 86.2 Å². The van der Waals surface area contributed by atoms with Crippen LogP contribution in [0.15, 0.2) is 12.3 Å². The molecule has 0 aromatic carbocycles. The van der Waals surface area contributed by atoms with Crippen molar-refractivity contribution >= 4 is 5.82 Å². The average Bonchev–Trinajstić information content (AvgIpc) is 2.37. The molecule has 5 rings (SSSR count). The van der Waals surface area contributed by atoms with Gasteiger partial charge in [-0.2, -0.15) is 0 Å². The molecular weight excluding hydrogens is 232 g/mol. The van der Waals surface area contributed by atoms with Gasteiger partial charge in [-0.3, -0.25) is 0 Å². The minimum absolute atomic E-state index is 0.763. The van der Waals surface area contributed by atoms with E-state index in [2.05, 4.69) is 18.0 Å². The van der Waals surface area contributed by atoms with Crippen LogP contribution in [0.2, 0.25) is 0 Å². The van der Waals surface area contributed by atoms with E-state index in [9.17, 15) is 0 Å². The first kappa shape index (κ1) is 11.7. The average molecular weight is 256 g/mol. The van der Waals surface area contributed by atoms with Crippen molar-refractivity contribution in [3.05, 3.63) is 23.4 Å². The number of nitrogen functional groups attached to an aromatic ring is 1. The number of aryl methyl sites for hydroxylation is 1. The van der Waals surface area contributed by atoms with E-state index in [4.69, 9.17) is 5.73 Å². The third-order valence-corrected chi connectivity index (χ3v) is 6.02. The van der Waals surface area contributed by atoms with Crippen LogP contribution >= 0.6 is 0 Å². The summed E-state index contributed by atoms with van der Waals surface area (Å²) < 4.78 is 0. The smallest absolute Gasteiger partial charge is 0.126 e. The Morgan fingerprint density at radius 1 is 1.11 bits per heavy atom. The van der Waals surface area contributed by atoms with Gasteiger partial charge in [0, 0.05) is 6.20 Å². The van der Waals surface area contributed by atoms with Crippen molar-refractivity contribution in [1.29, 1.82) is 0 Å². The highest BCUT2D eigenvalue weighted by Crippen LogP contribution is 2.57. The predicted octanol–water partition coefficient (Wildman–Crippen LogP) is 3.59. The van der Waals surface area contributed by atoms with E-state index in [0.717, 1.165) is 35.4 Å². The van der Waals surface area contributed by atoms with Gasteiger partial charge >= 0.3 is 0 Å². The molecule has 1 heterocycles. The van der Waals surface area contributed by atoms with Crippen LogP contribution in [-0.2, 0) is 6.42 Å². The highest BCUT2D eigenvalue weighted by molar-refractivity contribution is 5.41. The van der Waals surface area contributed by atoms with Crippen molar-refractivity contribution in [2.45, 2.75) is 45.4 Å². The third kappa shape index (κ3) is 1.96. The molecule has 4 fully saturated rings. The quantitative estimate of drug-likeness (QED) is 0.878. The normalized spacial score (nSPS) is 39.7. The maximum absolute atomic E-state index is 6.08. The molecule has 0 amide bonds. The van der Waals surface area contributed by atoms with Crippen LogP contribution in [0.25, 0.3) is 0 Å². The summed E-state index contributed by atoms with van der Waals surface area (Å²) in [5.41, 5.74) is 8.63. The fourth-order valence-electron chi connectivity index (χ4n) is 5.43. The first-order valence-electron chi connectivity index (χ1n) is 7.90. The molecule has 4 aliphatic carbocycles. The van der Waals surface area contributed by atoms with E-state index in [-0.39, 0.29) is 0 Å². The van der Waals surface area contributed by atoms with Gasteiger partial charge in [0.1, 0.15) is 5.82 Å². The molecule has 4 aliphatic rings. The second kappa shape index (κ2) is 4.22. The zero-order chi connectivity index (χ0) is 13.0. The Morgan fingerprint density at radius 2 is 1.74 bits per heavy atom. The lowest BCUT2D eigenvalue weighted by molar-refractivity contribution is -0.0359. The van der Waals surface area contributed by atoms with Gasteiger partial charge in [-0.1, -0.05) is 6.07 Å². The number of aromatic nitrogens is 1. The first-order valence-corrected chi connectivity index (χ1v) is 7.90. The highest BCUT2D eigenvalue weighted by Gasteiger charge is 2.47. The van der Waals surface area contributed by atoms with E-state index in [1.54, 1.807) is 0 Å². The van der Waals surface area contributed by atoms with Crippen molar-refractivity contribution in [3.8, 4) is 0 Å². The Hall–Kier alpha value is -1.05. The lowest BCUT2D eigenvalue weighted by atomic mass is 9.51. The molecule has 4 saturated carbocycles. The van der Waals surface area contributed by atoms with E-state index >= 15 is 0 Å². The number of hydrogen-bond donors (Lipinski definition) is 1. The largest absolute Gasteiger partial charge is 0.383 e. The lowest BCUT2D eigenvalue weighted by Gasteiger charge is -2.54. The number of nitrogens with two attached hydrogens (primary N) is 1. The van der Waals surface area contributed by atoms with Crippen LogP contribution in [0.1, 0.15) is 43.2 Å². The topological polar surface area (TPSA) is 38.9 Å². The zero-order valence-corrected chi connectivity index (χ0v) is 11.8. The number of rotatable bonds is 2. The molecule has 4 bridgehead atoms. The van der Waals surface area contributed by atoms with Crippen molar-refractivity contribution in [3.63, 3.8) is 0 Å². The molecule has 2 nitrogen and oxygen atoms in total. The van der Waals surface area contributed by atoms with Crippen molar-refractivity contribution in [2.75, 3.05) is 5.73 Å². The summed E-state index contributed by atoms with van der Waals surface area (Å²) in [6.07, 6.45) is 10.6. The Labute approximate surface area is 115 Å². The molecule has 1 aromatic rings. The zero-order valence-electron chi connectivity index (χ0n) is 11.8. The van der Waals surface area contributed by atoms with Crippen LogP contribution in [0, 0.1) is 36.5 Å². The summed E-state index contributed by atoms with van der Waals surface area (Å²) in [6.45, 7) is 2.12. The number of anilines is 1. The Kier molecular flexibility index (Phi) is 2.61. The second-order valence-corrected chi connectivity index (χ2v) is 7.36. The summed E-state index contributed by atoms with van der Waals surface area (Å²) in [6, 6.07) is 2.26.